The van der Waals surface area contributed by atoms with Crippen LogP contribution in [0.15, 0.2) is 59.7 Å². The Bertz CT molecular complexity index is 1020. The van der Waals surface area contributed by atoms with E-state index < -0.39 is 0 Å². The minimum absolute atomic E-state index is 0.923. The lowest BCUT2D eigenvalue weighted by atomic mass is 9.86. The summed E-state index contributed by atoms with van der Waals surface area (Å²) in [5, 5.41) is 0. The number of aryl methyl sites for hydroxylation is 2. The van der Waals surface area contributed by atoms with Gasteiger partial charge in [0.25, 0.3) is 0 Å². The van der Waals surface area contributed by atoms with E-state index in [-0.39, 0.29) is 0 Å². The van der Waals surface area contributed by atoms with Crippen molar-refractivity contribution >= 4 is 11.4 Å². The summed E-state index contributed by atoms with van der Waals surface area (Å²) in [6, 6.07) is 18.2. The van der Waals surface area contributed by atoms with Crippen molar-refractivity contribution in [3.63, 3.8) is 0 Å². The third kappa shape index (κ3) is 9.85. The van der Waals surface area contributed by atoms with Gasteiger partial charge in [0.2, 0.25) is 0 Å². The first-order valence-electron chi connectivity index (χ1n) is 14.0. The molecule has 0 aliphatic carbocycles. The van der Waals surface area contributed by atoms with E-state index in [1.54, 1.807) is 0 Å². The van der Waals surface area contributed by atoms with Gasteiger partial charge in [0, 0.05) is 0 Å². The second-order valence-corrected chi connectivity index (χ2v) is 9.82. The van der Waals surface area contributed by atoms with Gasteiger partial charge in [-0.05, 0) is 78.8 Å². The Balaban J connectivity index is 2.61. The first-order valence-corrected chi connectivity index (χ1v) is 14.0. The third-order valence-electron chi connectivity index (χ3n) is 6.82. The van der Waals surface area contributed by atoms with Crippen LogP contribution in [0.25, 0.3) is 11.1 Å². The summed E-state index contributed by atoms with van der Waals surface area (Å²) in [6.45, 7) is 8.79. The molecule has 0 heterocycles. The summed E-state index contributed by atoms with van der Waals surface area (Å²) in [5.74, 6) is 2.86. The standard InChI is InChI=1S/C33H46N2/c1-5-8-11-13-18-29-20-16-22-31(25-29)33(30-21-15-19-28(24-30)17-10-7-3)32(27(4)26-35-34)23-14-12-9-6-2/h15-16,19-22,24-25H,5-14,17-18,23H2,1-4H3. The smallest absolute Gasteiger partial charge is 0.303 e. The Morgan fingerprint density at radius 2 is 1.26 bits per heavy atom. The van der Waals surface area contributed by atoms with Crippen LogP contribution in [0.5, 0.6) is 0 Å². The maximum atomic E-state index is 9.31. The third-order valence-corrected chi connectivity index (χ3v) is 6.82. The normalized spacial score (nSPS) is 11.5. The fourth-order valence-electron chi connectivity index (χ4n) is 4.79. The summed E-state index contributed by atoms with van der Waals surface area (Å²) in [5.41, 5.74) is 18.1. The molecule has 0 N–H and O–H groups in total. The van der Waals surface area contributed by atoms with Crippen molar-refractivity contribution in [2.75, 3.05) is 0 Å². The quantitative estimate of drug-likeness (QED) is 0.0769. The molecule has 0 saturated carbocycles. The first kappa shape index (κ1) is 28.6. The molecule has 2 aromatic carbocycles. The van der Waals surface area contributed by atoms with Crippen molar-refractivity contribution in [3.05, 3.63) is 87.5 Å². The number of rotatable bonds is 16. The van der Waals surface area contributed by atoms with Crippen LogP contribution in [0.4, 0.5) is 0 Å². The number of unbranched alkanes of at least 4 members (excludes halogenated alkanes) is 7. The van der Waals surface area contributed by atoms with Crippen LogP contribution < -0.4 is 0 Å². The summed E-state index contributed by atoms with van der Waals surface area (Å²) >= 11 is 0. The van der Waals surface area contributed by atoms with Gasteiger partial charge in [-0.1, -0.05) is 114 Å². The SMILES string of the molecule is CCCCCCC(C(C)=C=[N+]=[N-])=C(c1cccc(CCCC)c1)c1cccc(CCCCCC)c1. The molecule has 2 heteroatoms. The van der Waals surface area contributed by atoms with Crippen molar-refractivity contribution in [2.24, 2.45) is 0 Å². The highest BCUT2D eigenvalue weighted by atomic mass is 14.8. The van der Waals surface area contributed by atoms with Gasteiger partial charge in [0.1, 0.15) is 0 Å². The van der Waals surface area contributed by atoms with E-state index in [9.17, 15) is 5.53 Å². The molecule has 188 valence electrons. The molecule has 2 nitrogen and oxygen atoms in total. The van der Waals surface area contributed by atoms with Gasteiger partial charge in [-0.25, -0.2) is 0 Å². The predicted octanol–water partition coefficient (Wildman–Crippen LogP) is 9.77. The van der Waals surface area contributed by atoms with E-state index in [4.69, 9.17) is 0 Å². The molecule has 0 aliphatic heterocycles. The minimum atomic E-state index is 0.923. The summed E-state index contributed by atoms with van der Waals surface area (Å²) in [6.07, 6.45) is 15.5. The fraction of sp³-hybridized carbons (Fsp3) is 0.515. The van der Waals surface area contributed by atoms with Crippen LogP contribution in [0.1, 0.15) is 121 Å². The van der Waals surface area contributed by atoms with Crippen molar-refractivity contribution in [1.82, 2.24) is 0 Å². The molecule has 0 fully saturated rings. The van der Waals surface area contributed by atoms with Crippen LogP contribution in [0.3, 0.4) is 0 Å². The number of nitrogens with zero attached hydrogens (tertiary/aromatic N) is 2. The lowest BCUT2D eigenvalue weighted by Gasteiger charge is -2.18. The molecule has 35 heavy (non-hydrogen) atoms. The van der Waals surface area contributed by atoms with E-state index in [1.807, 2.05) is 6.92 Å². The molecule has 0 atom stereocenters. The number of hydrogen-bond donors (Lipinski definition) is 0. The molecule has 2 aromatic rings. The van der Waals surface area contributed by atoms with Crippen LogP contribution >= 0.6 is 0 Å². The molecule has 0 radical (unpaired) electrons. The second kappa shape index (κ2) is 16.9. The average Bonchev–Trinajstić information content (AvgIpc) is 2.87. The Morgan fingerprint density at radius 1 is 0.714 bits per heavy atom. The highest BCUT2D eigenvalue weighted by Crippen LogP contribution is 2.34. The summed E-state index contributed by atoms with van der Waals surface area (Å²) in [4.78, 5) is 3.28. The molecular weight excluding hydrogens is 424 g/mol. The minimum Gasteiger partial charge on any atom is -0.348 e. The summed E-state index contributed by atoms with van der Waals surface area (Å²) < 4.78 is 0. The monoisotopic (exact) mass is 470 g/mol. The molecule has 0 amide bonds. The highest BCUT2D eigenvalue weighted by Gasteiger charge is 2.16. The van der Waals surface area contributed by atoms with Gasteiger partial charge in [0.05, 0.1) is 5.57 Å². The largest absolute Gasteiger partial charge is 0.348 e. The lowest BCUT2D eigenvalue weighted by molar-refractivity contribution is 0.00753. The van der Waals surface area contributed by atoms with E-state index in [2.05, 4.69) is 80.0 Å². The van der Waals surface area contributed by atoms with Gasteiger partial charge >= 0.3 is 5.87 Å². The van der Waals surface area contributed by atoms with Gasteiger partial charge in [0.15, 0.2) is 0 Å². The zero-order valence-electron chi connectivity index (χ0n) is 22.7. The van der Waals surface area contributed by atoms with Crippen LogP contribution in [0.2, 0.25) is 0 Å². The molecule has 0 aliphatic rings. The van der Waals surface area contributed by atoms with Crippen molar-refractivity contribution in [2.45, 2.75) is 111 Å². The van der Waals surface area contributed by atoms with E-state index in [0.717, 1.165) is 31.3 Å². The molecule has 0 spiro atoms. The Kier molecular flexibility index (Phi) is 13.8. The zero-order chi connectivity index (χ0) is 25.3. The molecule has 2 rings (SSSR count). The van der Waals surface area contributed by atoms with E-state index >= 15 is 0 Å². The van der Waals surface area contributed by atoms with Crippen LogP contribution in [-0.2, 0) is 12.8 Å². The highest BCUT2D eigenvalue weighted by molar-refractivity contribution is 5.87. The second-order valence-electron chi connectivity index (χ2n) is 9.82. The van der Waals surface area contributed by atoms with Crippen molar-refractivity contribution in [1.29, 1.82) is 0 Å². The topological polar surface area (TPSA) is 36.4 Å². The summed E-state index contributed by atoms with van der Waals surface area (Å²) in [7, 11) is 0. The number of allylic oxidation sites excluding steroid dienone is 2. The molecule has 0 unspecified atom stereocenters. The maximum Gasteiger partial charge on any atom is 0.303 e. The fourth-order valence-corrected chi connectivity index (χ4v) is 4.79. The lowest BCUT2D eigenvalue weighted by Crippen LogP contribution is -2.00. The Morgan fingerprint density at radius 3 is 1.80 bits per heavy atom. The van der Waals surface area contributed by atoms with Crippen LogP contribution in [0, 0.1) is 0 Å². The number of benzene rings is 2. The first-order chi connectivity index (χ1) is 17.1. The maximum absolute atomic E-state index is 9.31. The van der Waals surface area contributed by atoms with Gasteiger partial charge < -0.3 is 5.53 Å². The van der Waals surface area contributed by atoms with Gasteiger partial charge in [-0.2, -0.15) is 0 Å². The molecular formula is C33H46N2. The van der Waals surface area contributed by atoms with Crippen molar-refractivity contribution < 1.29 is 4.79 Å². The average molecular weight is 471 g/mol. The van der Waals surface area contributed by atoms with E-state index in [0.29, 0.717) is 0 Å². The van der Waals surface area contributed by atoms with E-state index in [1.165, 1.54) is 91.2 Å². The zero-order valence-corrected chi connectivity index (χ0v) is 22.7. The van der Waals surface area contributed by atoms with Gasteiger partial charge in [-0.15, -0.1) is 4.79 Å². The molecule has 0 bridgehead atoms. The van der Waals surface area contributed by atoms with Gasteiger partial charge in [-0.3, -0.25) is 0 Å². The Labute approximate surface area is 214 Å². The molecule has 0 saturated heterocycles. The molecule has 0 aromatic heterocycles. The predicted molar refractivity (Wildman–Crippen MR) is 152 cm³/mol. The van der Waals surface area contributed by atoms with Crippen LogP contribution in [-0.4, -0.2) is 10.7 Å². The van der Waals surface area contributed by atoms with Crippen molar-refractivity contribution in [3.8, 4) is 0 Å². The number of hydrogen-bond acceptors (Lipinski definition) is 0. The Hall–Kier alpha value is -2.66.